The summed E-state index contributed by atoms with van der Waals surface area (Å²) in [4.78, 5) is 32.6. The van der Waals surface area contributed by atoms with Crippen molar-refractivity contribution in [3.05, 3.63) is 59.0 Å². The zero-order valence-corrected chi connectivity index (χ0v) is 20.4. The van der Waals surface area contributed by atoms with Gasteiger partial charge in [-0.1, -0.05) is 24.3 Å². The molecule has 0 fully saturated rings. The van der Waals surface area contributed by atoms with Crippen LogP contribution < -0.4 is 14.8 Å². The fourth-order valence-electron chi connectivity index (χ4n) is 4.01. The molecule has 174 valence electrons. The molecule has 7 nitrogen and oxygen atoms in total. The summed E-state index contributed by atoms with van der Waals surface area (Å²) in [5.41, 5.74) is 3.04. The summed E-state index contributed by atoms with van der Waals surface area (Å²) < 4.78 is 12.1. The van der Waals surface area contributed by atoms with Crippen molar-refractivity contribution in [1.82, 2.24) is 9.88 Å². The second-order valence-corrected chi connectivity index (χ2v) is 10.0. The summed E-state index contributed by atoms with van der Waals surface area (Å²) in [6, 6.07) is 15.2. The van der Waals surface area contributed by atoms with Gasteiger partial charge in [0.1, 0.15) is 10.0 Å². The van der Waals surface area contributed by atoms with Crippen LogP contribution in [0.1, 0.15) is 17.4 Å². The molecule has 2 aromatic carbocycles. The molecule has 3 heterocycles. The summed E-state index contributed by atoms with van der Waals surface area (Å²) in [7, 11) is 1.56. The molecule has 0 radical (unpaired) electrons. The van der Waals surface area contributed by atoms with Gasteiger partial charge in [-0.15, -0.1) is 22.7 Å². The second kappa shape index (κ2) is 9.44. The number of para-hydroxylation sites is 3. The maximum atomic E-state index is 12.9. The largest absolute Gasteiger partial charge is 0.493 e. The highest BCUT2D eigenvalue weighted by atomic mass is 32.1. The first-order valence-corrected chi connectivity index (χ1v) is 12.5. The Kier molecular flexibility index (Phi) is 6.21. The highest BCUT2D eigenvalue weighted by Gasteiger charge is 2.28. The van der Waals surface area contributed by atoms with Crippen molar-refractivity contribution in [2.24, 2.45) is 0 Å². The van der Waals surface area contributed by atoms with Crippen molar-refractivity contribution in [3.63, 3.8) is 0 Å². The predicted octanol–water partition coefficient (Wildman–Crippen LogP) is 4.96. The van der Waals surface area contributed by atoms with Gasteiger partial charge in [0.05, 0.1) is 23.9 Å². The maximum absolute atomic E-state index is 12.9. The SMILES string of the molecule is COc1ccccc1OCC(=O)Nc1sc2c(c1-c1nc3ccccc3s1)CCN(C(C)=O)C2. The van der Waals surface area contributed by atoms with Crippen LogP contribution in [0.25, 0.3) is 20.8 Å². The molecule has 0 aliphatic carbocycles. The molecule has 34 heavy (non-hydrogen) atoms. The molecule has 1 N–H and O–H groups in total. The molecule has 0 spiro atoms. The molecule has 1 aliphatic rings. The lowest BCUT2D eigenvalue weighted by molar-refractivity contribution is -0.129. The topological polar surface area (TPSA) is 80.8 Å². The van der Waals surface area contributed by atoms with Gasteiger partial charge in [0.25, 0.3) is 5.91 Å². The number of nitrogens with one attached hydrogen (secondary N) is 1. The Morgan fingerprint density at radius 3 is 2.62 bits per heavy atom. The number of ether oxygens (including phenoxy) is 2. The number of thiazole rings is 1. The van der Waals surface area contributed by atoms with Crippen molar-refractivity contribution in [2.45, 2.75) is 19.9 Å². The number of methoxy groups -OCH3 is 1. The van der Waals surface area contributed by atoms with Crippen LogP contribution in [0.15, 0.2) is 48.5 Å². The van der Waals surface area contributed by atoms with Crippen LogP contribution in [0.5, 0.6) is 11.5 Å². The van der Waals surface area contributed by atoms with E-state index in [1.54, 1.807) is 37.5 Å². The average Bonchev–Trinajstić information content (AvgIpc) is 3.42. The van der Waals surface area contributed by atoms with E-state index in [2.05, 4.69) is 5.32 Å². The molecule has 0 bridgehead atoms. The van der Waals surface area contributed by atoms with Crippen molar-refractivity contribution in [3.8, 4) is 22.1 Å². The molecule has 0 saturated heterocycles. The number of hydrogen-bond acceptors (Lipinski definition) is 7. The number of rotatable bonds is 6. The Morgan fingerprint density at radius 2 is 1.85 bits per heavy atom. The lowest BCUT2D eigenvalue weighted by atomic mass is 10.0. The van der Waals surface area contributed by atoms with E-state index in [9.17, 15) is 9.59 Å². The van der Waals surface area contributed by atoms with Crippen molar-refractivity contribution in [2.75, 3.05) is 25.6 Å². The van der Waals surface area contributed by atoms with Crippen LogP contribution in [0, 0.1) is 0 Å². The van der Waals surface area contributed by atoms with Gasteiger partial charge in [0.15, 0.2) is 18.1 Å². The van der Waals surface area contributed by atoms with E-state index in [4.69, 9.17) is 14.5 Å². The van der Waals surface area contributed by atoms with Crippen molar-refractivity contribution in [1.29, 1.82) is 0 Å². The Morgan fingerprint density at radius 1 is 1.09 bits per heavy atom. The van der Waals surface area contributed by atoms with Crippen LogP contribution in [-0.2, 0) is 22.6 Å². The Bertz CT molecular complexity index is 1340. The third-order valence-corrected chi connectivity index (χ3v) is 7.88. The summed E-state index contributed by atoms with van der Waals surface area (Å²) >= 11 is 3.11. The molecule has 1 aliphatic heterocycles. The summed E-state index contributed by atoms with van der Waals surface area (Å²) in [6.45, 7) is 2.63. The molecule has 2 amide bonds. The van der Waals surface area contributed by atoms with Crippen LogP contribution in [-0.4, -0.2) is 42.0 Å². The molecule has 0 unspecified atom stereocenters. The first-order valence-electron chi connectivity index (χ1n) is 10.8. The fourth-order valence-corrected chi connectivity index (χ4v) is 6.40. The smallest absolute Gasteiger partial charge is 0.262 e. The van der Waals surface area contributed by atoms with Gasteiger partial charge in [-0.2, -0.15) is 0 Å². The number of hydrogen-bond donors (Lipinski definition) is 1. The fraction of sp³-hybridized carbons (Fsp3) is 0.240. The highest BCUT2D eigenvalue weighted by Crippen LogP contribution is 2.45. The van der Waals surface area contributed by atoms with E-state index in [1.807, 2.05) is 41.3 Å². The first-order chi connectivity index (χ1) is 16.5. The lowest BCUT2D eigenvalue weighted by Crippen LogP contribution is -2.33. The van der Waals surface area contributed by atoms with E-state index in [0.717, 1.165) is 42.7 Å². The zero-order chi connectivity index (χ0) is 23.7. The van der Waals surface area contributed by atoms with Gasteiger partial charge >= 0.3 is 0 Å². The van der Waals surface area contributed by atoms with Gasteiger partial charge in [0.2, 0.25) is 5.91 Å². The average molecular weight is 494 g/mol. The molecule has 9 heteroatoms. The van der Waals surface area contributed by atoms with Gasteiger partial charge in [-0.05, 0) is 36.2 Å². The van der Waals surface area contributed by atoms with Crippen molar-refractivity contribution < 1.29 is 19.1 Å². The van der Waals surface area contributed by atoms with E-state index in [1.165, 1.54) is 11.3 Å². The lowest BCUT2D eigenvalue weighted by Gasteiger charge is -2.26. The van der Waals surface area contributed by atoms with E-state index in [-0.39, 0.29) is 18.4 Å². The molecule has 0 saturated carbocycles. The normalized spacial score (nSPS) is 12.9. The van der Waals surface area contributed by atoms with E-state index < -0.39 is 0 Å². The molecule has 0 atom stereocenters. The quantitative estimate of drug-likeness (QED) is 0.411. The summed E-state index contributed by atoms with van der Waals surface area (Å²) in [5.74, 6) is 0.863. The number of carbonyl (C=O) groups excluding carboxylic acids is 2. The van der Waals surface area contributed by atoms with E-state index in [0.29, 0.717) is 24.6 Å². The number of benzene rings is 2. The van der Waals surface area contributed by atoms with Gasteiger partial charge in [-0.25, -0.2) is 4.98 Å². The molecule has 5 rings (SSSR count). The molecular formula is C25H23N3O4S2. The first kappa shape index (κ1) is 22.4. The van der Waals surface area contributed by atoms with Crippen LogP contribution in [0.2, 0.25) is 0 Å². The monoisotopic (exact) mass is 493 g/mol. The minimum atomic E-state index is -0.268. The molecule has 4 aromatic rings. The zero-order valence-electron chi connectivity index (χ0n) is 18.8. The van der Waals surface area contributed by atoms with Crippen molar-refractivity contribution >= 4 is 49.7 Å². The molecular weight excluding hydrogens is 470 g/mol. The number of anilines is 1. The minimum absolute atomic E-state index is 0.0522. The minimum Gasteiger partial charge on any atom is -0.493 e. The second-order valence-electron chi connectivity index (χ2n) is 7.87. The Balaban J connectivity index is 1.45. The van der Waals surface area contributed by atoms with E-state index >= 15 is 0 Å². The van der Waals surface area contributed by atoms with Crippen LogP contribution >= 0.6 is 22.7 Å². The molecule has 2 aromatic heterocycles. The number of fused-ring (bicyclic) bond motifs is 2. The third-order valence-electron chi connectivity index (χ3n) is 5.69. The van der Waals surface area contributed by atoms with Gasteiger partial charge in [0, 0.05) is 23.9 Å². The highest BCUT2D eigenvalue weighted by molar-refractivity contribution is 7.22. The predicted molar refractivity (Wildman–Crippen MR) is 135 cm³/mol. The number of thiophene rings is 1. The summed E-state index contributed by atoms with van der Waals surface area (Å²) in [6.07, 6.45) is 0.726. The van der Waals surface area contributed by atoms with Crippen LogP contribution in [0.4, 0.5) is 5.00 Å². The number of amides is 2. The van der Waals surface area contributed by atoms with Gasteiger partial charge in [-0.3, -0.25) is 9.59 Å². The van der Waals surface area contributed by atoms with Gasteiger partial charge < -0.3 is 19.7 Å². The number of carbonyl (C=O) groups is 2. The summed E-state index contributed by atoms with van der Waals surface area (Å²) in [5, 5.41) is 4.65. The number of nitrogens with zero attached hydrogens (tertiary/aromatic N) is 2. The standard InChI is InChI=1S/C25H23N3O4S2/c1-15(29)28-12-11-16-21(13-28)34-25(23(16)24-26-17-7-3-6-10-20(17)33-24)27-22(30)14-32-19-9-5-4-8-18(19)31-2/h3-10H,11-14H2,1-2H3,(H,27,30). The maximum Gasteiger partial charge on any atom is 0.262 e. The Labute approximate surface area is 205 Å². The Hall–Kier alpha value is -3.43. The third kappa shape index (κ3) is 4.36. The van der Waals surface area contributed by atoms with Crippen LogP contribution in [0.3, 0.4) is 0 Å². The number of aromatic nitrogens is 1.